The molecule has 0 aromatic rings. The molecule has 0 amide bonds. The Hall–Kier alpha value is -0.610. The van der Waals surface area contributed by atoms with Gasteiger partial charge in [-0.2, -0.15) is 0 Å². The molecule has 2 aliphatic rings. The van der Waals surface area contributed by atoms with Crippen molar-refractivity contribution in [2.75, 3.05) is 33.3 Å². The fraction of sp³-hybridized carbons (Fsp3) is 0.889. The second-order valence-corrected chi connectivity index (χ2v) is 3.81. The monoisotopic (exact) mass is 184 g/mol. The number of nitrogens with one attached hydrogen (secondary N) is 1. The zero-order chi connectivity index (χ0) is 9.26. The number of esters is 1. The van der Waals surface area contributed by atoms with E-state index in [4.69, 9.17) is 4.74 Å². The summed E-state index contributed by atoms with van der Waals surface area (Å²) in [7, 11) is 1.47. The van der Waals surface area contributed by atoms with Gasteiger partial charge in [0.25, 0.3) is 0 Å². The molecular weight excluding hydrogens is 168 g/mol. The van der Waals surface area contributed by atoms with Crippen LogP contribution in [-0.4, -0.2) is 50.2 Å². The van der Waals surface area contributed by atoms with Crippen molar-refractivity contribution in [2.24, 2.45) is 5.92 Å². The predicted molar refractivity (Wildman–Crippen MR) is 48.4 cm³/mol. The molecule has 0 aromatic heterocycles. The van der Waals surface area contributed by atoms with Gasteiger partial charge in [-0.05, 0) is 6.42 Å². The van der Waals surface area contributed by atoms with Gasteiger partial charge in [0, 0.05) is 32.2 Å². The third-order valence-electron chi connectivity index (χ3n) is 3.02. The molecular formula is C9H16N2O2. The first-order chi connectivity index (χ1) is 6.31. The summed E-state index contributed by atoms with van der Waals surface area (Å²) in [4.78, 5) is 13.7. The zero-order valence-corrected chi connectivity index (χ0v) is 7.95. The normalized spacial score (nSPS) is 34.2. The number of ether oxygens (including phenoxy) is 1. The number of hydrogen-bond donors (Lipinski definition) is 1. The minimum absolute atomic E-state index is 0.0469. The number of fused-ring (bicyclic) bond motifs is 1. The highest BCUT2D eigenvalue weighted by molar-refractivity contribution is 5.73. The highest BCUT2D eigenvalue weighted by atomic mass is 16.5. The van der Waals surface area contributed by atoms with Crippen LogP contribution in [0.25, 0.3) is 0 Å². The number of carbonyl (C=O) groups is 1. The quantitative estimate of drug-likeness (QED) is 0.555. The van der Waals surface area contributed by atoms with E-state index >= 15 is 0 Å². The summed E-state index contributed by atoms with van der Waals surface area (Å²) in [6, 6.07) is 0.554. The van der Waals surface area contributed by atoms with E-state index in [0.29, 0.717) is 6.04 Å². The third-order valence-corrected chi connectivity index (χ3v) is 3.02. The van der Waals surface area contributed by atoms with E-state index < -0.39 is 0 Å². The summed E-state index contributed by atoms with van der Waals surface area (Å²) in [6.07, 6.45) is 0.958. The van der Waals surface area contributed by atoms with Crippen LogP contribution in [0.4, 0.5) is 0 Å². The lowest BCUT2D eigenvalue weighted by atomic mass is 10.1. The number of piperazine rings is 1. The number of methoxy groups -OCH3 is 1. The summed E-state index contributed by atoms with van der Waals surface area (Å²) < 4.78 is 4.75. The minimum atomic E-state index is -0.0469. The van der Waals surface area contributed by atoms with Crippen LogP contribution in [0.2, 0.25) is 0 Å². The van der Waals surface area contributed by atoms with E-state index in [1.54, 1.807) is 0 Å². The van der Waals surface area contributed by atoms with Gasteiger partial charge in [0.2, 0.25) is 0 Å². The summed E-state index contributed by atoms with van der Waals surface area (Å²) in [5.74, 6) is 0.0595. The van der Waals surface area contributed by atoms with Crippen molar-refractivity contribution in [3.8, 4) is 0 Å². The van der Waals surface area contributed by atoms with Gasteiger partial charge in [-0.3, -0.25) is 9.69 Å². The smallest absolute Gasteiger partial charge is 0.310 e. The van der Waals surface area contributed by atoms with Crippen molar-refractivity contribution < 1.29 is 9.53 Å². The predicted octanol–water partition coefficient (Wildman–Crippen LogP) is -0.547. The van der Waals surface area contributed by atoms with E-state index in [9.17, 15) is 4.79 Å². The number of hydrogen-bond acceptors (Lipinski definition) is 4. The van der Waals surface area contributed by atoms with Gasteiger partial charge in [-0.1, -0.05) is 0 Å². The van der Waals surface area contributed by atoms with Gasteiger partial charge in [0.15, 0.2) is 0 Å². The van der Waals surface area contributed by atoms with Crippen molar-refractivity contribution in [3.05, 3.63) is 0 Å². The Labute approximate surface area is 78.2 Å². The molecule has 2 atom stereocenters. The first-order valence-corrected chi connectivity index (χ1v) is 4.84. The van der Waals surface area contributed by atoms with Gasteiger partial charge in [0.05, 0.1) is 13.0 Å². The molecule has 0 aliphatic carbocycles. The maximum absolute atomic E-state index is 11.3. The summed E-state index contributed by atoms with van der Waals surface area (Å²) >= 11 is 0. The molecule has 0 saturated carbocycles. The van der Waals surface area contributed by atoms with E-state index in [1.807, 2.05) is 0 Å². The maximum Gasteiger partial charge on any atom is 0.310 e. The Morgan fingerprint density at radius 1 is 1.62 bits per heavy atom. The Morgan fingerprint density at radius 3 is 3.15 bits per heavy atom. The Balaban J connectivity index is 1.94. The van der Waals surface area contributed by atoms with Crippen molar-refractivity contribution >= 4 is 5.97 Å². The molecule has 4 nitrogen and oxygen atoms in total. The van der Waals surface area contributed by atoms with E-state index in [1.165, 1.54) is 7.11 Å². The molecule has 0 aromatic carbocycles. The lowest BCUT2D eigenvalue weighted by Gasteiger charge is -2.29. The first-order valence-electron chi connectivity index (χ1n) is 4.84. The van der Waals surface area contributed by atoms with Crippen molar-refractivity contribution in [2.45, 2.75) is 12.5 Å². The molecule has 0 spiro atoms. The molecule has 0 bridgehead atoms. The van der Waals surface area contributed by atoms with Gasteiger partial charge in [-0.25, -0.2) is 0 Å². The van der Waals surface area contributed by atoms with Crippen LogP contribution in [0.5, 0.6) is 0 Å². The number of carbonyl (C=O) groups excluding carboxylic acids is 1. The largest absolute Gasteiger partial charge is 0.469 e. The molecule has 2 fully saturated rings. The topological polar surface area (TPSA) is 41.6 Å². The molecule has 0 radical (unpaired) electrons. The van der Waals surface area contributed by atoms with Crippen LogP contribution in [0.15, 0.2) is 0 Å². The van der Waals surface area contributed by atoms with Crippen LogP contribution in [0, 0.1) is 5.92 Å². The number of rotatable bonds is 1. The van der Waals surface area contributed by atoms with Gasteiger partial charge < -0.3 is 10.1 Å². The maximum atomic E-state index is 11.3. The molecule has 2 heterocycles. The molecule has 2 rings (SSSR count). The van der Waals surface area contributed by atoms with Crippen LogP contribution < -0.4 is 5.32 Å². The van der Waals surface area contributed by atoms with Crippen LogP contribution in [0.1, 0.15) is 6.42 Å². The highest BCUT2D eigenvalue weighted by Gasteiger charge is 2.37. The van der Waals surface area contributed by atoms with Gasteiger partial charge >= 0.3 is 5.97 Å². The minimum Gasteiger partial charge on any atom is -0.469 e. The summed E-state index contributed by atoms with van der Waals surface area (Å²) in [5.41, 5.74) is 0. The Kier molecular flexibility index (Phi) is 2.51. The van der Waals surface area contributed by atoms with Crippen molar-refractivity contribution in [1.29, 1.82) is 0 Å². The standard InChI is InChI=1S/C9H16N2O2/c1-13-9(12)7-4-8-5-10-2-3-11(8)6-7/h7-8,10H,2-6H2,1H3/t7-,8-/m0/s1. The third kappa shape index (κ3) is 1.69. The molecule has 1 N–H and O–H groups in total. The molecule has 4 heteroatoms. The van der Waals surface area contributed by atoms with E-state index in [2.05, 4.69) is 10.2 Å². The van der Waals surface area contributed by atoms with Gasteiger partial charge in [-0.15, -0.1) is 0 Å². The fourth-order valence-corrected chi connectivity index (χ4v) is 2.30. The molecule has 2 saturated heterocycles. The summed E-state index contributed by atoms with van der Waals surface area (Å²) in [6.45, 7) is 4.02. The van der Waals surface area contributed by atoms with Crippen LogP contribution >= 0.6 is 0 Å². The lowest BCUT2D eigenvalue weighted by Crippen LogP contribution is -2.47. The fourth-order valence-electron chi connectivity index (χ4n) is 2.30. The molecule has 0 unspecified atom stereocenters. The highest BCUT2D eigenvalue weighted by Crippen LogP contribution is 2.24. The average Bonchev–Trinajstić information content (AvgIpc) is 2.59. The molecule has 74 valence electrons. The second-order valence-electron chi connectivity index (χ2n) is 3.81. The lowest BCUT2D eigenvalue weighted by molar-refractivity contribution is -0.144. The zero-order valence-electron chi connectivity index (χ0n) is 7.95. The molecule has 13 heavy (non-hydrogen) atoms. The van der Waals surface area contributed by atoms with Crippen molar-refractivity contribution in [1.82, 2.24) is 10.2 Å². The van der Waals surface area contributed by atoms with Crippen LogP contribution in [0.3, 0.4) is 0 Å². The summed E-state index contributed by atoms with van der Waals surface area (Å²) in [5, 5.41) is 3.34. The van der Waals surface area contributed by atoms with Gasteiger partial charge in [0.1, 0.15) is 0 Å². The van der Waals surface area contributed by atoms with Crippen LogP contribution in [-0.2, 0) is 9.53 Å². The molecule has 2 aliphatic heterocycles. The van der Waals surface area contributed by atoms with Crippen molar-refractivity contribution in [3.63, 3.8) is 0 Å². The SMILES string of the molecule is COC(=O)[C@H]1C[C@H]2CNCCN2C1. The first kappa shape index (κ1) is 8.97. The second kappa shape index (κ2) is 3.64. The van der Waals surface area contributed by atoms with E-state index in [0.717, 1.165) is 32.6 Å². The Morgan fingerprint density at radius 2 is 2.46 bits per heavy atom. The average molecular weight is 184 g/mol. The van der Waals surface area contributed by atoms with E-state index in [-0.39, 0.29) is 11.9 Å². The Bertz CT molecular complexity index is 194. The number of nitrogens with zero attached hydrogens (tertiary/aromatic N) is 1.